The highest BCUT2D eigenvalue weighted by molar-refractivity contribution is 5.13. The number of rotatable bonds is 6. The second-order valence-electron chi connectivity index (χ2n) is 4.98. The van der Waals surface area contributed by atoms with E-state index in [0.29, 0.717) is 26.1 Å². The second kappa shape index (κ2) is 7.43. The van der Waals surface area contributed by atoms with Crippen molar-refractivity contribution in [3.8, 4) is 0 Å². The fourth-order valence-electron chi connectivity index (χ4n) is 2.34. The number of aliphatic hydroxyl groups is 1. The Morgan fingerprint density at radius 2 is 2.11 bits per heavy atom. The zero-order chi connectivity index (χ0) is 13.5. The van der Waals surface area contributed by atoms with Crippen molar-refractivity contribution in [1.29, 1.82) is 0 Å². The average Bonchev–Trinajstić information content (AvgIpc) is 2.44. The van der Waals surface area contributed by atoms with Gasteiger partial charge in [0.15, 0.2) is 0 Å². The first-order valence-corrected chi connectivity index (χ1v) is 6.85. The second-order valence-corrected chi connectivity index (χ2v) is 4.98. The van der Waals surface area contributed by atoms with E-state index in [1.807, 2.05) is 18.2 Å². The monoisotopic (exact) mass is 262 g/mol. The fourth-order valence-corrected chi connectivity index (χ4v) is 2.34. The van der Waals surface area contributed by atoms with E-state index < -0.39 is 0 Å². The van der Waals surface area contributed by atoms with Crippen LogP contribution in [-0.4, -0.2) is 30.0 Å². The summed E-state index contributed by atoms with van der Waals surface area (Å²) >= 11 is 0. The SMILES string of the molecule is C=C[C@H]1C[C@H](O)C[C@@H](CCOCc2ccccc2)O1. The molecule has 0 aromatic heterocycles. The Morgan fingerprint density at radius 3 is 2.84 bits per heavy atom. The molecule has 1 aromatic rings. The molecule has 2 rings (SSSR count). The Morgan fingerprint density at radius 1 is 1.32 bits per heavy atom. The molecule has 0 saturated carbocycles. The van der Waals surface area contributed by atoms with Gasteiger partial charge in [-0.25, -0.2) is 0 Å². The molecule has 1 saturated heterocycles. The quantitative estimate of drug-likeness (QED) is 0.633. The van der Waals surface area contributed by atoms with Gasteiger partial charge >= 0.3 is 0 Å². The summed E-state index contributed by atoms with van der Waals surface area (Å²) in [6, 6.07) is 10.1. The third-order valence-corrected chi connectivity index (χ3v) is 3.37. The van der Waals surface area contributed by atoms with E-state index >= 15 is 0 Å². The molecule has 0 bridgehead atoms. The predicted octanol–water partition coefficient (Wildman–Crippen LogP) is 2.69. The summed E-state index contributed by atoms with van der Waals surface area (Å²) in [5, 5.41) is 9.75. The van der Waals surface area contributed by atoms with Crippen molar-refractivity contribution in [3.63, 3.8) is 0 Å². The molecule has 3 heteroatoms. The molecule has 0 radical (unpaired) electrons. The van der Waals surface area contributed by atoms with Gasteiger partial charge < -0.3 is 14.6 Å². The van der Waals surface area contributed by atoms with Crippen molar-refractivity contribution in [2.45, 2.75) is 44.2 Å². The van der Waals surface area contributed by atoms with Crippen LogP contribution >= 0.6 is 0 Å². The first-order valence-electron chi connectivity index (χ1n) is 6.85. The largest absolute Gasteiger partial charge is 0.393 e. The summed E-state index contributed by atoms with van der Waals surface area (Å²) in [7, 11) is 0. The van der Waals surface area contributed by atoms with Crippen molar-refractivity contribution in [2.75, 3.05) is 6.61 Å². The van der Waals surface area contributed by atoms with Crippen LogP contribution < -0.4 is 0 Å². The van der Waals surface area contributed by atoms with Crippen molar-refractivity contribution in [2.24, 2.45) is 0 Å². The van der Waals surface area contributed by atoms with Crippen LogP contribution in [0.5, 0.6) is 0 Å². The van der Waals surface area contributed by atoms with Gasteiger partial charge in [0.25, 0.3) is 0 Å². The van der Waals surface area contributed by atoms with Gasteiger partial charge in [-0.15, -0.1) is 6.58 Å². The molecule has 0 spiro atoms. The van der Waals surface area contributed by atoms with E-state index in [4.69, 9.17) is 9.47 Å². The minimum Gasteiger partial charge on any atom is -0.393 e. The summed E-state index contributed by atoms with van der Waals surface area (Å²) < 4.78 is 11.4. The van der Waals surface area contributed by atoms with E-state index in [9.17, 15) is 5.11 Å². The molecule has 0 aliphatic carbocycles. The zero-order valence-corrected chi connectivity index (χ0v) is 11.2. The molecular formula is C16H22O3. The molecule has 1 aliphatic rings. The van der Waals surface area contributed by atoms with Crippen molar-refractivity contribution < 1.29 is 14.6 Å². The van der Waals surface area contributed by atoms with E-state index in [2.05, 4.69) is 18.7 Å². The molecule has 1 heterocycles. The maximum absolute atomic E-state index is 9.75. The Bertz CT molecular complexity index is 377. The third-order valence-electron chi connectivity index (χ3n) is 3.37. The van der Waals surface area contributed by atoms with Crippen LogP contribution in [-0.2, 0) is 16.1 Å². The van der Waals surface area contributed by atoms with Crippen LogP contribution in [0.4, 0.5) is 0 Å². The highest BCUT2D eigenvalue weighted by atomic mass is 16.5. The lowest BCUT2D eigenvalue weighted by molar-refractivity contribution is -0.0861. The minimum absolute atomic E-state index is 0.0251. The lowest BCUT2D eigenvalue weighted by Crippen LogP contribution is -2.35. The van der Waals surface area contributed by atoms with E-state index in [1.165, 1.54) is 5.56 Å². The molecule has 1 fully saturated rings. The average molecular weight is 262 g/mol. The van der Waals surface area contributed by atoms with E-state index in [0.717, 1.165) is 6.42 Å². The molecule has 3 atom stereocenters. The maximum Gasteiger partial charge on any atom is 0.0781 e. The standard InChI is InChI=1S/C16H22O3/c1-2-15-10-14(17)11-16(19-15)8-9-18-12-13-6-4-3-5-7-13/h2-7,14-17H,1,8-12H2/t14-,15-,16+/m0/s1. The Kier molecular flexibility index (Phi) is 5.58. The fraction of sp³-hybridized carbons (Fsp3) is 0.500. The molecule has 0 unspecified atom stereocenters. The van der Waals surface area contributed by atoms with Crippen LogP contribution in [0, 0.1) is 0 Å². The maximum atomic E-state index is 9.75. The van der Waals surface area contributed by atoms with Gasteiger partial charge in [0.05, 0.1) is 24.9 Å². The summed E-state index contributed by atoms with van der Waals surface area (Å²) in [6.07, 6.45) is 3.69. The summed E-state index contributed by atoms with van der Waals surface area (Å²) in [5.41, 5.74) is 1.18. The lowest BCUT2D eigenvalue weighted by Gasteiger charge is -2.31. The third kappa shape index (κ3) is 4.78. The first-order chi connectivity index (χ1) is 9.28. The smallest absolute Gasteiger partial charge is 0.0781 e. The van der Waals surface area contributed by atoms with E-state index in [1.54, 1.807) is 6.08 Å². The number of hydrogen-bond donors (Lipinski definition) is 1. The molecule has 1 aliphatic heterocycles. The zero-order valence-electron chi connectivity index (χ0n) is 11.2. The van der Waals surface area contributed by atoms with Crippen LogP contribution in [0.3, 0.4) is 0 Å². The normalized spacial score (nSPS) is 27.1. The molecule has 1 N–H and O–H groups in total. The van der Waals surface area contributed by atoms with Gasteiger partial charge in [0, 0.05) is 13.0 Å². The predicted molar refractivity (Wildman–Crippen MR) is 74.8 cm³/mol. The van der Waals surface area contributed by atoms with Crippen LogP contribution in [0.25, 0.3) is 0 Å². The van der Waals surface area contributed by atoms with Crippen molar-refractivity contribution in [3.05, 3.63) is 48.6 Å². The van der Waals surface area contributed by atoms with Gasteiger partial charge in [0.2, 0.25) is 0 Å². The number of aliphatic hydroxyl groups excluding tert-OH is 1. The van der Waals surface area contributed by atoms with Gasteiger partial charge in [-0.1, -0.05) is 36.4 Å². The highest BCUT2D eigenvalue weighted by Crippen LogP contribution is 2.22. The Labute approximate surface area is 114 Å². The highest BCUT2D eigenvalue weighted by Gasteiger charge is 2.26. The van der Waals surface area contributed by atoms with Crippen LogP contribution in [0.15, 0.2) is 43.0 Å². The molecule has 1 aromatic carbocycles. The Hall–Kier alpha value is -1.16. The van der Waals surface area contributed by atoms with Gasteiger partial charge in [-0.3, -0.25) is 0 Å². The van der Waals surface area contributed by atoms with Gasteiger partial charge in [-0.2, -0.15) is 0 Å². The van der Waals surface area contributed by atoms with Gasteiger partial charge in [0.1, 0.15) is 0 Å². The number of ether oxygens (including phenoxy) is 2. The molecular weight excluding hydrogens is 240 g/mol. The lowest BCUT2D eigenvalue weighted by atomic mass is 9.99. The van der Waals surface area contributed by atoms with E-state index in [-0.39, 0.29) is 18.3 Å². The first kappa shape index (κ1) is 14.3. The van der Waals surface area contributed by atoms with Gasteiger partial charge in [-0.05, 0) is 18.4 Å². The van der Waals surface area contributed by atoms with Crippen LogP contribution in [0.2, 0.25) is 0 Å². The number of benzene rings is 1. The minimum atomic E-state index is -0.282. The molecule has 3 nitrogen and oxygen atoms in total. The summed E-state index contributed by atoms with van der Waals surface area (Å²) in [6.45, 7) is 5.00. The Balaban J connectivity index is 1.66. The topological polar surface area (TPSA) is 38.7 Å². The summed E-state index contributed by atoms with van der Waals surface area (Å²) in [5.74, 6) is 0. The van der Waals surface area contributed by atoms with Crippen LogP contribution in [0.1, 0.15) is 24.8 Å². The van der Waals surface area contributed by atoms with Crippen molar-refractivity contribution in [1.82, 2.24) is 0 Å². The molecule has 19 heavy (non-hydrogen) atoms. The number of hydrogen-bond acceptors (Lipinski definition) is 3. The van der Waals surface area contributed by atoms with Crippen molar-refractivity contribution >= 4 is 0 Å². The summed E-state index contributed by atoms with van der Waals surface area (Å²) in [4.78, 5) is 0. The molecule has 0 amide bonds. The molecule has 104 valence electrons.